The molecular formula is C14H23NO2. The van der Waals surface area contributed by atoms with Gasteiger partial charge in [-0.05, 0) is 36.6 Å². The molecule has 1 N–H and O–H groups in total. The minimum absolute atomic E-state index is 0.595. The van der Waals surface area contributed by atoms with Gasteiger partial charge in [0.2, 0.25) is 0 Å². The largest absolute Gasteiger partial charge is 0.497 e. The molecule has 0 saturated heterocycles. The third kappa shape index (κ3) is 5.09. The molecule has 0 unspecified atom stereocenters. The van der Waals surface area contributed by atoms with E-state index in [-0.39, 0.29) is 0 Å². The predicted molar refractivity (Wildman–Crippen MR) is 71.9 cm³/mol. The summed E-state index contributed by atoms with van der Waals surface area (Å²) in [5.74, 6) is 1.49. The smallest absolute Gasteiger partial charge is 0.119 e. The fourth-order valence-electron chi connectivity index (χ4n) is 1.54. The molecule has 3 nitrogen and oxygen atoms in total. The minimum atomic E-state index is 0.595. The van der Waals surface area contributed by atoms with Crippen molar-refractivity contribution in [3.8, 4) is 5.75 Å². The molecule has 0 bridgehead atoms. The zero-order chi connectivity index (χ0) is 12.7. The van der Waals surface area contributed by atoms with E-state index in [1.165, 1.54) is 5.56 Å². The average Bonchev–Trinajstić information content (AvgIpc) is 2.30. The van der Waals surface area contributed by atoms with Crippen LogP contribution in [-0.4, -0.2) is 26.9 Å². The number of aryl methyl sites for hydroxylation is 1. The van der Waals surface area contributed by atoms with Crippen LogP contribution in [0.3, 0.4) is 0 Å². The van der Waals surface area contributed by atoms with Crippen LogP contribution in [0, 0.1) is 12.8 Å². The van der Waals surface area contributed by atoms with Crippen molar-refractivity contribution in [2.24, 2.45) is 5.92 Å². The lowest BCUT2D eigenvalue weighted by molar-refractivity contribution is 0.118. The van der Waals surface area contributed by atoms with E-state index >= 15 is 0 Å². The van der Waals surface area contributed by atoms with Gasteiger partial charge in [0.15, 0.2) is 0 Å². The Bertz CT molecular complexity index is 337. The molecule has 17 heavy (non-hydrogen) atoms. The molecule has 3 heteroatoms. The maximum absolute atomic E-state index is 5.51. The highest BCUT2D eigenvalue weighted by Crippen LogP contribution is 2.20. The molecule has 0 heterocycles. The monoisotopic (exact) mass is 237 g/mol. The van der Waals surface area contributed by atoms with E-state index in [4.69, 9.17) is 9.47 Å². The van der Waals surface area contributed by atoms with Gasteiger partial charge in [0, 0.05) is 18.8 Å². The molecule has 1 aromatic carbocycles. The fourth-order valence-corrected chi connectivity index (χ4v) is 1.54. The first-order chi connectivity index (χ1) is 8.13. The number of benzene rings is 1. The lowest BCUT2D eigenvalue weighted by atomic mass is 10.2. The fraction of sp³-hybridized carbons (Fsp3) is 0.571. The SMILES string of the molecule is COc1ccc(NCCOCC(C)C)c(C)c1. The first-order valence-corrected chi connectivity index (χ1v) is 6.09. The van der Waals surface area contributed by atoms with Crippen LogP contribution in [0.1, 0.15) is 19.4 Å². The van der Waals surface area contributed by atoms with Gasteiger partial charge < -0.3 is 14.8 Å². The van der Waals surface area contributed by atoms with E-state index in [1.807, 2.05) is 18.2 Å². The Hall–Kier alpha value is -1.22. The summed E-state index contributed by atoms with van der Waals surface area (Å²) in [7, 11) is 1.68. The van der Waals surface area contributed by atoms with Crippen LogP contribution in [0.15, 0.2) is 18.2 Å². The standard InChI is InChI=1S/C14H23NO2/c1-11(2)10-17-8-7-15-14-6-5-13(16-4)9-12(14)3/h5-6,9,11,15H,7-8,10H2,1-4H3. The second-order valence-corrected chi connectivity index (χ2v) is 4.58. The summed E-state index contributed by atoms with van der Waals surface area (Å²) in [6, 6.07) is 6.03. The normalized spacial score (nSPS) is 10.6. The first-order valence-electron chi connectivity index (χ1n) is 6.09. The highest BCUT2D eigenvalue weighted by Gasteiger charge is 1.99. The van der Waals surface area contributed by atoms with Gasteiger partial charge in [-0.15, -0.1) is 0 Å². The van der Waals surface area contributed by atoms with Gasteiger partial charge in [-0.1, -0.05) is 13.8 Å². The third-order valence-corrected chi connectivity index (χ3v) is 2.45. The molecule has 0 aromatic heterocycles. The van der Waals surface area contributed by atoms with Crippen molar-refractivity contribution in [1.82, 2.24) is 0 Å². The zero-order valence-corrected chi connectivity index (χ0v) is 11.2. The molecule has 0 amide bonds. The summed E-state index contributed by atoms with van der Waals surface area (Å²) < 4.78 is 10.7. The zero-order valence-electron chi connectivity index (χ0n) is 11.2. The van der Waals surface area contributed by atoms with E-state index in [9.17, 15) is 0 Å². The third-order valence-electron chi connectivity index (χ3n) is 2.45. The predicted octanol–water partition coefficient (Wildman–Crippen LogP) is 3.09. The molecule has 1 rings (SSSR count). The summed E-state index contributed by atoms with van der Waals surface area (Å²) >= 11 is 0. The van der Waals surface area contributed by atoms with Crippen molar-refractivity contribution in [1.29, 1.82) is 0 Å². The van der Waals surface area contributed by atoms with Crippen LogP contribution >= 0.6 is 0 Å². The number of methoxy groups -OCH3 is 1. The van der Waals surface area contributed by atoms with E-state index in [0.29, 0.717) is 5.92 Å². The Morgan fingerprint density at radius 2 is 2.06 bits per heavy atom. The van der Waals surface area contributed by atoms with E-state index in [2.05, 4.69) is 26.1 Å². The van der Waals surface area contributed by atoms with Gasteiger partial charge in [-0.3, -0.25) is 0 Å². The summed E-state index contributed by atoms with van der Waals surface area (Å²) in [5.41, 5.74) is 2.33. The highest BCUT2D eigenvalue weighted by atomic mass is 16.5. The molecule has 1 aromatic rings. The second-order valence-electron chi connectivity index (χ2n) is 4.58. The van der Waals surface area contributed by atoms with Crippen molar-refractivity contribution in [2.75, 3.05) is 32.2 Å². The van der Waals surface area contributed by atoms with Crippen molar-refractivity contribution in [3.05, 3.63) is 23.8 Å². The van der Waals surface area contributed by atoms with Gasteiger partial charge in [0.25, 0.3) is 0 Å². The van der Waals surface area contributed by atoms with E-state index in [0.717, 1.165) is 31.2 Å². The number of nitrogens with one attached hydrogen (secondary N) is 1. The minimum Gasteiger partial charge on any atom is -0.497 e. The Kier molecular flexibility index (Phi) is 5.84. The van der Waals surface area contributed by atoms with Gasteiger partial charge in [-0.25, -0.2) is 0 Å². The van der Waals surface area contributed by atoms with Crippen molar-refractivity contribution < 1.29 is 9.47 Å². The molecule has 0 atom stereocenters. The number of ether oxygens (including phenoxy) is 2. The number of hydrogen-bond donors (Lipinski definition) is 1. The number of anilines is 1. The van der Waals surface area contributed by atoms with Crippen LogP contribution in [-0.2, 0) is 4.74 Å². The molecular weight excluding hydrogens is 214 g/mol. The maximum Gasteiger partial charge on any atom is 0.119 e. The van der Waals surface area contributed by atoms with Crippen LogP contribution in [0.5, 0.6) is 5.75 Å². The van der Waals surface area contributed by atoms with Crippen molar-refractivity contribution in [3.63, 3.8) is 0 Å². The molecule has 0 radical (unpaired) electrons. The van der Waals surface area contributed by atoms with Crippen LogP contribution in [0.2, 0.25) is 0 Å². The molecule has 96 valence electrons. The van der Waals surface area contributed by atoms with Gasteiger partial charge >= 0.3 is 0 Å². The Balaban J connectivity index is 2.32. The summed E-state index contributed by atoms with van der Waals surface area (Å²) in [6.45, 7) is 8.77. The quantitative estimate of drug-likeness (QED) is 0.739. The molecule has 0 saturated carbocycles. The maximum atomic E-state index is 5.51. The molecule has 0 fully saturated rings. The van der Waals surface area contributed by atoms with E-state index in [1.54, 1.807) is 7.11 Å². The summed E-state index contributed by atoms with van der Waals surface area (Å²) in [4.78, 5) is 0. The van der Waals surface area contributed by atoms with Gasteiger partial charge in [-0.2, -0.15) is 0 Å². The molecule has 0 aliphatic heterocycles. The van der Waals surface area contributed by atoms with E-state index < -0.39 is 0 Å². The van der Waals surface area contributed by atoms with Gasteiger partial charge in [0.1, 0.15) is 5.75 Å². The van der Waals surface area contributed by atoms with Gasteiger partial charge in [0.05, 0.1) is 13.7 Å². The number of hydrogen-bond acceptors (Lipinski definition) is 3. The van der Waals surface area contributed by atoms with Crippen molar-refractivity contribution in [2.45, 2.75) is 20.8 Å². The van der Waals surface area contributed by atoms with Crippen LogP contribution < -0.4 is 10.1 Å². The Labute approximate surface area is 104 Å². The Morgan fingerprint density at radius 3 is 2.65 bits per heavy atom. The topological polar surface area (TPSA) is 30.5 Å². The lowest BCUT2D eigenvalue weighted by Gasteiger charge is -2.11. The van der Waals surface area contributed by atoms with Crippen molar-refractivity contribution >= 4 is 5.69 Å². The summed E-state index contributed by atoms with van der Waals surface area (Å²) in [5, 5.41) is 3.36. The summed E-state index contributed by atoms with van der Waals surface area (Å²) in [6.07, 6.45) is 0. The number of rotatable bonds is 7. The first kappa shape index (κ1) is 13.8. The molecule has 0 aliphatic rings. The van der Waals surface area contributed by atoms with Crippen LogP contribution in [0.4, 0.5) is 5.69 Å². The second kappa shape index (κ2) is 7.17. The lowest BCUT2D eigenvalue weighted by Crippen LogP contribution is -2.12. The molecule has 0 aliphatic carbocycles. The highest BCUT2D eigenvalue weighted by molar-refractivity contribution is 5.53. The molecule has 0 spiro atoms. The average molecular weight is 237 g/mol. The van der Waals surface area contributed by atoms with Crippen LogP contribution in [0.25, 0.3) is 0 Å². The Morgan fingerprint density at radius 1 is 1.29 bits per heavy atom.